The number of carbonyl (C=O) groups is 4. The fraction of sp³-hybridized carbons (Fsp3) is 0.438. The molecule has 0 spiro atoms. The number of allylic oxidation sites excluding steroid dienone is 1. The maximum Gasteiger partial charge on any atom is 0.349 e. The number of thiazole rings is 1. The van der Waals surface area contributed by atoms with Crippen molar-refractivity contribution in [2.75, 3.05) is 13.7 Å². The van der Waals surface area contributed by atoms with E-state index in [1.165, 1.54) is 35.6 Å². The molecular formula is C32H41F2N7O8S. The number of carbonyl (C=O) groups excluding carboxylic acids is 4. The Labute approximate surface area is 291 Å². The standard InChI is InChI=1S/C29H31F2N7O6S.C2H6O.CH4O/c1-16(13-39)26(44-17(2)40)29(42)43-15-38-12-18(10-34-38)28-36-22(14-45-28)27(41)35-21(11-33-19-6-4-3-5-7-19)24(32)25-20(30)8-9-23(31)37-25;1-2-3;1-2/h8-14,16,19,26H,3-7,15,32H2,1-2H3,(H,35,41);3H,2H2,1H3;2H,1H3/b24-21+,33-11?;;. The number of aliphatic hydroxyl groups excluding tert-OH is 2. The molecule has 2 atom stereocenters. The van der Waals surface area contributed by atoms with Crippen molar-refractivity contribution in [1.29, 1.82) is 0 Å². The van der Waals surface area contributed by atoms with Crippen molar-refractivity contribution in [2.45, 2.75) is 71.8 Å². The lowest BCUT2D eigenvalue weighted by atomic mass is 9.96. The molecular weight excluding hydrogens is 680 g/mol. The van der Waals surface area contributed by atoms with E-state index in [1.807, 2.05) is 0 Å². The molecule has 272 valence electrons. The Morgan fingerprint density at radius 3 is 2.52 bits per heavy atom. The Morgan fingerprint density at radius 1 is 1.20 bits per heavy atom. The van der Waals surface area contributed by atoms with E-state index < -0.39 is 47.3 Å². The van der Waals surface area contributed by atoms with Gasteiger partial charge in [0.2, 0.25) is 12.1 Å². The van der Waals surface area contributed by atoms with E-state index in [0.717, 1.165) is 69.6 Å². The SMILES string of the molecule is CC(=O)OC(C(=O)OCn1cc(-c2nc(C(=O)N/C(C=NC3CCCCC3)=C(/N)c3nc(F)ccc3F)cs2)cn1)C(C)C=O.CCO.CO. The molecule has 4 rings (SSSR count). The molecule has 18 heteroatoms. The number of nitrogens with two attached hydrogens (primary N) is 1. The summed E-state index contributed by atoms with van der Waals surface area (Å²) in [6.07, 6.45) is 8.22. The van der Waals surface area contributed by atoms with Crippen molar-refractivity contribution in [2.24, 2.45) is 16.6 Å². The molecule has 1 fully saturated rings. The number of aldehydes is 1. The number of aliphatic hydroxyl groups is 2. The third kappa shape index (κ3) is 12.5. The van der Waals surface area contributed by atoms with E-state index in [0.29, 0.717) is 16.9 Å². The van der Waals surface area contributed by atoms with Crippen LogP contribution in [0, 0.1) is 17.7 Å². The second-order valence-corrected chi connectivity index (χ2v) is 11.4. The number of rotatable bonds is 12. The molecule has 15 nitrogen and oxygen atoms in total. The van der Waals surface area contributed by atoms with Gasteiger partial charge >= 0.3 is 11.9 Å². The Hall–Kier alpha value is -4.94. The number of aliphatic imine (C=N–C) groups is 1. The second kappa shape index (κ2) is 21.2. The number of pyridine rings is 1. The summed E-state index contributed by atoms with van der Waals surface area (Å²) in [6, 6.07) is 1.75. The first-order valence-electron chi connectivity index (χ1n) is 15.5. The van der Waals surface area contributed by atoms with Crippen LogP contribution in [-0.2, 0) is 30.6 Å². The number of esters is 2. The average molecular weight is 722 g/mol. The summed E-state index contributed by atoms with van der Waals surface area (Å²) < 4.78 is 39.6. The van der Waals surface area contributed by atoms with Crippen LogP contribution >= 0.6 is 11.3 Å². The Kier molecular flexibility index (Phi) is 17.5. The molecule has 3 aromatic heterocycles. The van der Waals surface area contributed by atoms with Crippen LogP contribution in [-0.4, -0.2) is 86.2 Å². The van der Waals surface area contributed by atoms with Crippen LogP contribution in [0.15, 0.2) is 40.6 Å². The molecule has 0 radical (unpaired) electrons. The molecule has 50 heavy (non-hydrogen) atoms. The number of hydrogen-bond acceptors (Lipinski definition) is 14. The molecule has 3 heterocycles. The van der Waals surface area contributed by atoms with Gasteiger partial charge in [0.25, 0.3) is 5.91 Å². The highest BCUT2D eigenvalue weighted by atomic mass is 32.1. The highest BCUT2D eigenvalue weighted by molar-refractivity contribution is 7.13. The third-order valence-corrected chi connectivity index (χ3v) is 7.66. The monoisotopic (exact) mass is 721 g/mol. The zero-order valence-corrected chi connectivity index (χ0v) is 28.9. The minimum Gasteiger partial charge on any atom is -0.450 e. The number of ether oxygens (including phenoxy) is 2. The van der Waals surface area contributed by atoms with Gasteiger partial charge in [-0.1, -0.05) is 26.2 Å². The molecule has 0 saturated heterocycles. The lowest BCUT2D eigenvalue weighted by molar-refractivity contribution is -0.173. The third-order valence-electron chi connectivity index (χ3n) is 6.77. The van der Waals surface area contributed by atoms with Gasteiger partial charge in [-0.25, -0.2) is 23.8 Å². The molecule has 3 aromatic rings. The molecule has 1 aliphatic carbocycles. The lowest BCUT2D eigenvalue weighted by Gasteiger charge is -2.18. The molecule has 0 aliphatic heterocycles. The number of amides is 1. The van der Waals surface area contributed by atoms with Gasteiger partial charge in [0.05, 0.1) is 29.6 Å². The zero-order valence-electron chi connectivity index (χ0n) is 28.0. The first-order valence-corrected chi connectivity index (χ1v) is 16.3. The van der Waals surface area contributed by atoms with Crippen molar-refractivity contribution < 1.29 is 47.6 Å². The quantitative estimate of drug-likeness (QED) is 0.0918. The van der Waals surface area contributed by atoms with Crippen molar-refractivity contribution >= 4 is 47.4 Å². The Balaban J connectivity index is 0.00000164. The minimum absolute atomic E-state index is 0.00490. The van der Waals surface area contributed by atoms with E-state index in [9.17, 15) is 28.0 Å². The van der Waals surface area contributed by atoms with Crippen LogP contribution in [0.4, 0.5) is 8.78 Å². The smallest absolute Gasteiger partial charge is 0.349 e. The Bertz CT molecular complexity index is 1640. The van der Waals surface area contributed by atoms with Crippen molar-refractivity contribution in [3.8, 4) is 10.6 Å². The van der Waals surface area contributed by atoms with Gasteiger partial charge in [0.1, 0.15) is 22.7 Å². The van der Waals surface area contributed by atoms with Gasteiger partial charge in [-0.3, -0.25) is 14.6 Å². The fourth-order valence-corrected chi connectivity index (χ4v) is 5.16. The zero-order chi connectivity index (χ0) is 37.2. The van der Waals surface area contributed by atoms with Gasteiger partial charge < -0.3 is 35.5 Å². The first-order chi connectivity index (χ1) is 24.0. The molecule has 2 unspecified atom stereocenters. The Morgan fingerprint density at radius 2 is 1.88 bits per heavy atom. The summed E-state index contributed by atoms with van der Waals surface area (Å²) in [5.41, 5.74) is 5.84. The van der Waals surface area contributed by atoms with Crippen LogP contribution < -0.4 is 11.1 Å². The molecule has 1 saturated carbocycles. The summed E-state index contributed by atoms with van der Waals surface area (Å²) in [5, 5.41) is 23.2. The predicted octanol–water partition coefficient (Wildman–Crippen LogP) is 3.02. The molecule has 0 aromatic carbocycles. The first kappa shape index (κ1) is 41.2. The number of nitrogens with one attached hydrogen (secondary N) is 1. The van der Waals surface area contributed by atoms with Gasteiger partial charge in [-0.2, -0.15) is 9.49 Å². The molecule has 5 N–H and O–H groups in total. The fourth-order valence-electron chi connectivity index (χ4n) is 4.39. The summed E-state index contributed by atoms with van der Waals surface area (Å²) in [7, 11) is 1.00. The van der Waals surface area contributed by atoms with Crippen molar-refractivity contribution in [3.63, 3.8) is 0 Å². The maximum atomic E-state index is 14.5. The van der Waals surface area contributed by atoms with E-state index in [4.69, 9.17) is 25.4 Å². The van der Waals surface area contributed by atoms with Gasteiger partial charge in [0.15, 0.2) is 12.5 Å². The molecule has 1 aliphatic rings. The van der Waals surface area contributed by atoms with Crippen LogP contribution in [0.25, 0.3) is 16.3 Å². The normalized spacial score (nSPS) is 14.6. The van der Waals surface area contributed by atoms with E-state index in [2.05, 4.69) is 25.4 Å². The maximum absolute atomic E-state index is 14.5. The summed E-state index contributed by atoms with van der Waals surface area (Å²) >= 11 is 1.13. The molecule has 0 bridgehead atoms. The van der Waals surface area contributed by atoms with Crippen LogP contribution in [0.3, 0.4) is 0 Å². The summed E-state index contributed by atoms with van der Waals surface area (Å²) in [6.45, 7) is 4.11. The second-order valence-electron chi connectivity index (χ2n) is 10.6. The van der Waals surface area contributed by atoms with E-state index >= 15 is 0 Å². The lowest BCUT2D eigenvalue weighted by Crippen LogP contribution is -2.35. The van der Waals surface area contributed by atoms with E-state index in [1.54, 1.807) is 6.92 Å². The number of aromatic nitrogens is 4. The van der Waals surface area contributed by atoms with Crippen LogP contribution in [0.2, 0.25) is 0 Å². The van der Waals surface area contributed by atoms with E-state index in [-0.39, 0.29) is 36.5 Å². The number of halogens is 2. The minimum atomic E-state index is -1.40. The summed E-state index contributed by atoms with van der Waals surface area (Å²) in [5.74, 6) is -5.06. The van der Waals surface area contributed by atoms with Crippen LogP contribution in [0.5, 0.6) is 0 Å². The van der Waals surface area contributed by atoms with Crippen molar-refractivity contribution in [1.82, 2.24) is 25.1 Å². The topological polar surface area (TPSA) is 221 Å². The van der Waals surface area contributed by atoms with Gasteiger partial charge in [-0.15, -0.1) is 11.3 Å². The highest BCUT2D eigenvalue weighted by Gasteiger charge is 2.30. The van der Waals surface area contributed by atoms with Crippen LogP contribution in [0.1, 0.15) is 69.1 Å². The van der Waals surface area contributed by atoms with Gasteiger partial charge in [-0.05, 0) is 31.9 Å². The highest BCUT2D eigenvalue weighted by Crippen LogP contribution is 2.24. The largest absolute Gasteiger partial charge is 0.450 e. The number of hydrogen-bond donors (Lipinski definition) is 4. The number of nitrogens with zero attached hydrogens (tertiary/aromatic N) is 5. The average Bonchev–Trinajstić information content (AvgIpc) is 3.80. The molecule has 1 amide bonds. The van der Waals surface area contributed by atoms with Gasteiger partial charge in [0, 0.05) is 44.0 Å². The van der Waals surface area contributed by atoms with Crippen molar-refractivity contribution in [3.05, 3.63) is 58.8 Å². The summed E-state index contributed by atoms with van der Waals surface area (Å²) in [4.78, 5) is 60.4. The predicted molar refractivity (Wildman–Crippen MR) is 179 cm³/mol.